The van der Waals surface area contributed by atoms with Crippen molar-refractivity contribution in [3.8, 4) is 0 Å². The zero-order valence-electron chi connectivity index (χ0n) is 7.49. The van der Waals surface area contributed by atoms with Gasteiger partial charge in [-0.2, -0.15) is 0 Å². The standard InChI is InChI=1S/C8H13NO2S2/c1-13(10,11)8-5-7(6-12-8)3-2-4-9/h5-6H,2-4,9H2,1H3. The van der Waals surface area contributed by atoms with E-state index in [-0.39, 0.29) is 0 Å². The van der Waals surface area contributed by atoms with Crippen molar-refractivity contribution in [2.24, 2.45) is 5.73 Å². The van der Waals surface area contributed by atoms with Crippen molar-refractivity contribution >= 4 is 21.2 Å². The first kappa shape index (κ1) is 10.7. The maximum absolute atomic E-state index is 11.1. The first-order valence-corrected chi connectivity index (χ1v) is 6.78. The van der Waals surface area contributed by atoms with E-state index in [2.05, 4.69) is 0 Å². The number of sulfone groups is 1. The van der Waals surface area contributed by atoms with Gasteiger partial charge in [-0.3, -0.25) is 0 Å². The molecule has 1 heterocycles. The molecule has 5 heteroatoms. The lowest BCUT2D eigenvalue weighted by Gasteiger charge is -1.92. The van der Waals surface area contributed by atoms with Crippen LogP contribution in [-0.4, -0.2) is 21.2 Å². The summed E-state index contributed by atoms with van der Waals surface area (Å²) in [5.41, 5.74) is 6.42. The van der Waals surface area contributed by atoms with Crippen LogP contribution in [0.3, 0.4) is 0 Å². The zero-order chi connectivity index (χ0) is 9.90. The SMILES string of the molecule is CS(=O)(=O)c1cc(CCCN)cs1. The van der Waals surface area contributed by atoms with E-state index in [1.54, 1.807) is 6.07 Å². The average molecular weight is 219 g/mol. The van der Waals surface area contributed by atoms with Crippen molar-refractivity contribution in [2.45, 2.75) is 17.1 Å². The third kappa shape index (κ3) is 3.10. The topological polar surface area (TPSA) is 60.2 Å². The van der Waals surface area contributed by atoms with E-state index < -0.39 is 9.84 Å². The minimum Gasteiger partial charge on any atom is -0.330 e. The summed E-state index contributed by atoms with van der Waals surface area (Å²) in [6.45, 7) is 0.643. The summed E-state index contributed by atoms with van der Waals surface area (Å²) in [6, 6.07) is 1.73. The fraction of sp³-hybridized carbons (Fsp3) is 0.500. The fourth-order valence-corrected chi connectivity index (χ4v) is 2.87. The summed E-state index contributed by atoms with van der Waals surface area (Å²) in [4.78, 5) is 0. The van der Waals surface area contributed by atoms with Crippen molar-refractivity contribution < 1.29 is 8.42 Å². The summed E-state index contributed by atoms with van der Waals surface area (Å²) in [5, 5.41) is 1.88. The summed E-state index contributed by atoms with van der Waals surface area (Å²) in [7, 11) is -3.02. The molecule has 3 nitrogen and oxygen atoms in total. The quantitative estimate of drug-likeness (QED) is 0.823. The summed E-state index contributed by atoms with van der Waals surface area (Å²) in [5.74, 6) is 0. The van der Waals surface area contributed by atoms with Crippen LogP contribution in [0.15, 0.2) is 15.7 Å². The first-order chi connectivity index (χ1) is 6.04. The van der Waals surface area contributed by atoms with Gasteiger partial charge in [0.05, 0.1) is 0 Å². The maximum Gasteiger partial charge on any atom is 0.184 e. The normalized spacial score (nSPS) is 11.8. The lowest BCUT2D eigenvalue weighted by atomic mass is 10.2. The van der Waals surface area contributed by atoms with Crippen molar-refractivity contribution in [2.75, 3.05) is 12.8 Å². The van der Waals surface area contributed by atoms with Crippen molar-refractivity contribution in [1.29, 1.82) is 0 Å². The van der Waals surface area contributed by atoms with Crippen LogP contribution in [-0.2, 0) is 16.3 Å². The lowest BCUT2D eigenvalue weighted by molar-refractivity contribution is 0.603. The molecule has 1 aromatic heterocycles. The van der Waals surface area contributed by atoms with Crippen LogP contribution < -0.4 is 5.73 Å². The number of aryl methyl sites for hydroxylation is 1. The Morgan fingerprint density at radius 2 is 2.23 bits per heavy atom. The van der Waals surface area contributed by atoms with Gasteiger partial charge in [-0.15, -0.1) is 11.3 Å². The molecular formula is C8H13NO2S2. The van der Waals surface area contributed by atoms with E-state index in [0.29, 0.717) is 10.8 Å². The minimum atomic E-state index is -3.02. The summed E-state index contributed by atoms with van der Waals surface area (Å²) in [6.07, 6.45) is 2.99. The van der Waals surface area contributed by atoms with E-state index in [1.807, 2.05) is 5.38 Å². The van der Waals surface area contributed by atoms with Crippen LogP contribution in [0.25, 0.3) is 0 Å². The molecule has 0 bridgehead atoms. The van der Waals surface area contributed by atoms with Gasteiger partial charge in [0, 0.05) is 6.26 Å². The Labute approximate surface area is 82.5 Å². The van der Waals surface area contributed by atoms with E-state index in [4.69, 9.17) is 5.73 Å². The number of rotatable bonds is 4. The van der Waals surface area contributed by atoms with Gasteiger partial charge in [-0.05, 0) is 36.4 Å². The second-order valence-electron chi connectivity index (χ2n) is 2.94. The molecule has 0 aromatic carbocycles. The van der Waals surface area contributed by atoms with Crippen molar-refractivity contribution in [3.05, 3.63) is 17.0 Å². The molecule has 1 aromatic rings. The van der Waals surface area contributed by atoms with Crippen LogP contribution in [0.1, 0.15) is 12.0 Å². The molecule has 74 valence electrons. The number of hydrogen-bond donors (Lipinski definition) is 1. The Hall–Kier alpha value is -0.390. The van der Waals surface area contributed by atoms with Crippen molar-refractivity contribution in [1.82, 2.24) is 0 Å². The molecule has 2 N–H and O–H groups in total. The van der Waals surface area contributed by atoms with Gasteiger partial charge in [-0.1, -0.05) is 0 Å². The largest absolute Gasteiger partial charge is 0.330 e. The smallest absolute Gasteiger partial charge is 0.184 e. The van der Waals surface area contributed by atoms with Gasteiger partial charge in [0.25, 0.3) is 0 Å². The molecule has 1 rings (SSSR count). The molecule has 0 aliphatic carbocycles. The maximum atomic E-state index is 11.1. The van der Waals surface area contributed by atoms with E-state index >= 15 is 0 Å². The molecule has 0 atom stereocenters. The average Bonchev–Trinajstić information content (AvgIpc) is 2.47. The van der Waals surface area contributed by atoms with Crippen molar-refractivity contribution in [3.63, 3.8) is 0 Å². The molecule has 0 fully saturated rings. The minimum absolute atomic E-state index is 0.444. The second kappa shape index (κ2) is 4.21. The molecule has 0 spiro atoms. The Morgan fingerprint density at radius 1 is 1.54 bits per heavy atom. The highest BCUT2D eigenvalue weighted by molar-refractivity contribution is 7.92. The Balaban J connectivity index is 2.76. The highest BCUT2D eigenvalue weighted by atomic mass is 32.2. The predicted octanol–water partition coefficient (Wildman–Crippen LogP) is 1.04. The number of thiophene rings is 1. The zero-order valence-corrected chi connectivity index (χ0v) is 9.12. The van der Waals surface area contributed by atoms with Gasteiger partial charge in [0.1, 0.15) is 4.21 Å². The fourth-order valence-electron chi connectivity index (χ4n) is 0.985. The Bertz CT molecular complexity index is 367. The number of nitrogens with two attached hydrogens (primary N) is 1. The molecule has 0 radical (unpaired) electrons. The van der Waals surface area contributed by atoms with Gasteiger partial charge >= 0.3 is 0 Å². The van der Waals surface area contributed by atoms with Gasteiger partial charge < -0.3 is 5.73 Å². The summed E-state index contributed by atoms with van der Waals surface area (Å²) < 4.78 is 22.7. The molecule has 0 saturated carbocycles. The van der Waals surface area contributed by atoms with Crippen LogP contribution in [0.2, 0.25) is 0 Å². The Kier molecular flexibility index (Phi) is 3.47. The van der Waals surface area contributed by atoms with Gasteiger partial charge in [0.2, 0.25) is 0 Å². The Morgan fingerprint density at radius 3 is 2.69 bits per heavy atom. The lowest BCUT2D eigenvalue weighted by Crippen LogP contribution is -1.99. The van der Waals surface area contributed by atoms with E-state index in [9.17, 15) is 8.42 Å². The molecule has 0 aliphatic rings. The van der Waals surface area contributed by atoms with Crippen LogP contribution in [0.5, 0.6) is 0 Å². The third-order valence-electron chi connectivity index (χ3n) is 1.66. The van der Waals surface area contributed by atoms with Gasteiger partial charge in [-0.25, -0.2) is 8.42 Å². The molecular weight excluding hydrogens is 206 g/mol. The molecule has 0 aliphatic heterocycles. The molecule has 0 amide bonds. The molecule has 13 heavy (non-hydrogen) atoms. The monoisotopic (exact) mass is 219 g/mol. The molecule has 0 unspecified atom stereocenters. The van der Waals surface area contributed by atoms with E-state index in [0.717, 1.165) is 18.4 Å². The first-order valence-electron chi connectivity index (χ1n) is 4.01. The van der Waals surface area contributed by atoms with E-state index in [1.165, 1.54) is 17.6 Å². The van der Waals surface area contributed by atoms with Crippen LogP contribution in [0.4, 0.5) is 0 Å². The van der Waals surface area contributed by atoms with Crippen LogP contribution in [0, 0.1) is 0 Å². The predicted molar refractivity (Wildman–Crippen MR) is 54.8 cm³/mol. The van der Waals surface area contributed by atoms with Crippen LogP contribution >= 0.6 is 11.3 Å². The van der Waals surface area contributed by atoms with Gasteiger partial charge in [0.15, 0.2) is 9.84 Å². The third-order valence-corrected chi connectivity index (χ3v) is 4.48. The number of hydrogen-bond acceptors (Lipinski definition) is 4. The molecule has 0 saturated heterocycles. The summed E-state index contributed by atoms with van der Waals surface area (Å²) >= 11 is 1.28. The highest BCUT2D eigenvalue weighted by Gasteiger charge is 2.09. The highest BCUT2D eigenvalue weighted by Crippen LogP contribution is 2.20. The second-order valence-corrected chi connectivity index (χ2v) is 6.09.